The van der Waals surface area contributed by atoms with Crippen molar-refractivity contribution in [2.24, 2.45) is 22.9 Å². The van der Waals surface area contributed by atoms with Crippen molar-refractivity contribution in [3.63, 3.8) is 0 Å². The number of ether oxygens (including phenoxy) is 4. The summed E-state index contributed by atoms with van der Waals surface area (Å²) < 4.78 is 22.1. The first kappa shape index (κ1) is 28.6. The Bertz CT molecular complexity index is 558. The molecule has 0 aromatic heterocycles. The fourth-order valence-corrected chi connectivity index (χ4v) is 3.83. The van der Waals surface area contributed by atoms with Gasteiger partial charge in [-0.15, -0.1) is 0 Å². The fraction of sp³-hybridized carbons (Fsp3) is 1.00. The first-order chi connectivity index (χ1) is 15.6. The third-order valence-corrected chi connectivity index (χ3v) is 5.83. The van der Waals surface area contributed by atoms with Gasteiger partial charge < -0.3 is 77.6 Å². The molecule has 12 atom stereocenters. The molecule has 5 unspecified atom stereocenters. The van der Waals surface area contributed by atoms with E-state index in [9.17, 15) is 35.7 Å². The Morgan fingerprint density at radius 3 is 2.03 bits per heavy atom. The molecule has 2 fully saturated rings. The van der Waals surface area contributed by atoms with Crippen molar-refractivity contribution in [1.29, 1.82) is 0 Å². The highest BCUT2D eigenvalue weighted by Gasteiger charge is 2.49. The van der Waals surface area contributed by atoms with Gasteiger partial charge in [-0.3, -0.25) is 0 Å². The number of hydrogen-bond acceptors (Lipinski definition) is 15. The van der Waals surface area contributed by atoms with Crippen LogP contribution in [0.25, 0.3) is 0 Å². The molecule has 15 N–H and O–H groups in total. The molecule has 1 aliphatic heterocycles. The minimum atomic E-state index is -1.66. The third kappa shape index (κ3) is 6.75. The third-order valence-electron chi connectivity index (χ3n) is 5.83. The van der Waals surface area contributed by atoms with Gasteiger partial charge in [0, 0.05) is 25.2 Å². The minimum Gasteiger partial charge on any atom is -0.394 e. The Hall–Kier alpha value is -0.600. The topological polar surface area (TPSA) is 283 Å². The van der Waals surface area contributed by atoms with Gasteiger partial charge in [-0.05, 0) is 6.42 Å². The van der Waals surface area contributed by atoms with Crippen LogP contribution < -0.4 is 22.9 Å². The largest absolute Gasteiger partial charge is 0.394 e. The number of aliphatic hydroxyl groups is 7. The van der Waals surface area contributed by atoms with Gasteiger partial charge in [0.25, 0.3) is 0 Å². The van der Waals surface area contributed by atoms with Gasteiger partial charge in [-0.25, -0.2) is 0 Å². The molecular formula is C18H38N4O11. The Labute approximate surface area is 190 Å². The quantitative estimate of drug-likeness (QED) is 0.121. The van der Waals surface area contributed by atoms with Gasteiger partial charge in [0.05, 0.1) is 13.2 Å². The van der Waals surface area contributed by atoms with Crippen molar-refractivity contribution >= 4 is 0 Å². The van der Waals surface area contributed by atoms with E-state index in [2.05, 4.69) is 0 Å². The van der Waals surface area contributed by atoms with Gasteiger partial charge in [0.15, 0.2) is 12.6 Å². The van der Waals surface area contributed by atoms with Crippen LogP contribution in [-0.2, 0) is 18.9 Å². The second-order valence-electron chi connectivity index (χ2n) is 8.30. The average molecular weight is 487 g/mol. The Morgan fingerprint density at radius 1 is 0.879 bits per heavy atom. The molecule has 1 saturated heterocycles. The summed E-state index contributed by atoms with van der Waals surface area (Å²) in [5, 5.41) is 69.8. The Balaban J connectivity index is 2.16. The SMILES string of the molecule is NCC1O[C@H](O[C@@H]2C(N)C[C@@H](N)[C@@H](OC(OC(CO)CO)[C@H](O)CN)C2O)C(O)[C@@H](O)[C@@H]1O. The van der Waals surface area contributed by atoms with Crippen LogP contribution in [0.4, 0.5) is 0 Å². The zero-order valence-corrected chi connectivity index (χ0v) is 18.1. The molecule has 1 heterocycles. The molecule has 0 aromatic carbocycles. The Kier molecular flexibility index (Phi) is 11.2. The Morgan fingerprint density at radius 2 is 1.48 bits per heavy atom. The highest BCUT2D eigenvalue weighted by atomic mass is 16.7. The van der Waals surface area contributed by atoms with Crippen LogP contribution >= 0.6 is 0 Å². The zero-order valence-electron chi connectivity index (χ0n) is 18.1. The van der Waals surface area contributed by atoms with E-state index in [4.69, 9.17) is 41.9 Å². The first-order valence-electron chi connectivity index (χ1n) is 10.7. The van der Waals surface area contributed by atoms with Crippen LogP contribution in [0.3, 0.4) is 0 Å². The number of rotatable bonds is 11. The van der Waals surface area contributed by atoms with Crippen molar-refractivity contribution < 1.29 is 54.7 Å². The van der Waals surface area contributed by atoms with Gasteiger partial charge >= 0.3 is 0 Å². The smallest absolute Gasteiger partial charge is 0.187 e. The summed E-state index contributed by atoms with van der Waals surface area (Å²) in [4.78, 5) is 0. The van der Waals surface area contributed by atoms with Crippen molar-refractivity contribution in [1.82, 2.24) is 0 Å². The lowest BCUT2D eigenvalue weighted by molar-refractivity contribution is -0.325. The molecule has 33 heavy (non-hydrogen) atoms. The van der Waals surface area contributed by atoms with Crippen molar-refractivity contribution in [2.45, 2.75) is 86.0 Å². The maximum Gasteiger partial charge on any atom is 0.187 e. The zero-order chi connectivity index (χ0) is 24.9. The first-order valence-corrected chi connectivity index (χ1v) is 10.7. The van der Waals surface area contributed by atoms with Crippen molar-refractivity contribution in [3.05, 3.63) is 0 Å². The maximum absolute atomic E-state index is 10.9. The molecule has 0 spiro atoms. The number of nitrogens with two attached hydrogens (primary N) is 4. The van der Waals surface area contributed by atoms with E-state index in [0.29, 0.717) is 0 Å². The summed E-state index contributed by atoms with van der Waals surface area (Å²) in [6.07, 6.45) is -15.0. The molecule has 0 amide bonds. The van der Waals surface area contributed by atoms with Gasteiger partial charge in [0.2, 0.25) is 0 Å². The van der Waals surface area contributed by atoms with Gasteiger partial charge in [-0.1, -0.05) is 0 Å². The lowest BCUT2D eigenvalue weighted by atomic mass is 9.84. The minimum absolute atomic E-state index is 0.0789. The molecule has 2 rings (SSSR count). The van der Waals surface area contributed by atoms with Gasteiger partial charge in [-0.2, -0.15) is 0 Å². The average Bonchev–Trinajstić information content (AvgIpc) is 2.80. The van der Waals surface area contributed by atoms with Gasteiger partial charge in [0.1, 0.15) is 54.9 Å². The predicted molar refractivity (Wildman–Crippen MR) is 110 cm³/mol. The molecule has 0 bridgehead atoms. The number of hydrogen-bond donors (Lipinski definition) is 11. The summed E-state index contributed by atoms with van der Waals surface area (Å²) in [5.74, 6) is 0. The van der Waals surface area contributed by atoms with Crippen molar-refractivity contribution in [3.8, 4) is 0 Å². The van der Waals surface area contributed by atoms with E-state index in [1.54, 1.807) is 0 Å². The summed E-state index contributed by atoms with van der Waals surface area (Å²) in [5.41, 5.74) is 23.2. The van der Waals surface area contributed by atoms with E-state index >= 15 is 0 Å². The molecule has 15 heteroatoms. The van der Waals surface area contributed by atoms with E-state index in [1.807, 2.05) is 0 Å². The lowest BCUT2D eigenvalue weighted by Gasteiger charge is -2.46. The second kappa shape index (κ2) is 12.9. The van der Waals surface area contributed by atoms with Crippen molar-refractivity contribution in [2.75, 3.05) is 26.3 Å². The van der Waals surface area contributed by atoms with Crippen LogP contribution in [0.15, 0.2) is 0 Å². The second-order valence-corrected chi connectivity index (χ2v) is 8.30. The summed E-state index contributed by atoms with van der Waals surface area (Å²) in [6, 6.07) is -1.68. The van der Waals surface area contributed by atoms with Crippen LogP contribution in [-0.4, -0.2) is 142 Å². The van der Waals surface area contributed by atoms with Crippen LogP contribution in [0.2, 0.25) is 0 Å². The molecule has 1 aliphatic carbocycles. The summed E-state index contributed by atoms with van der Waals surface area (Å²) in [6.45, 7) is -1.62. The monoisotopic (exact) mass is 486 g/mol. The summed E-state index contributed by atoms with van der Waals surface area (Å²) in [7, 11) is 0. The van der Waals surface area contributed by atoms with E-state index in [0.717, 1.165) is 0 Å². The molecule has 1 saturated carbocycles. The summed E-state index contributed by atoms with van der Waals surface area (Å²) >= 11 is 0. The highest BCUT2D eigenvalue weighted by molar-refractivity contribution is 5.00. The van der Waals surface area contributed by atoms with E-state index in [-0.39, 0.29) is 19.5 Å². The van der Waals surface area contributed by atoms with E-state index in [1.165, 1.54) is 0 Å². The molecule has 15 nitrogen and oxygen atoms in total. The maximum atomic E-state index is 10.9. The lowest BCUT2D eigenvalue weighted by Crippen LogP contribution is -2.67. The molecule has 0 aromatic rings. The number of aliphatic hydroxyl groups excluding tert-OH is 7. The molecule has 0 radical (unpaired) electrons. The normalized spacial score (nSPS) is 41.8. The van der Waals surface area contributed by atoms with E-state index < -0.39 is 92.8 Å². The fourth-order valence-electron chi connectivity index (χ4n) is 3.83. The molecule has 2 aliphatic rings. The highest BCUT2D eigenvalue weighted by Crippen LogP contribution is 2.29. The standard InChI is InChI=1S/C18H38N4O11/c19-2-9(25)17(30-6(4-23)5-24)32-15-7(21)1-8(22)16(14(15)29)33-18-13(28)12(27)11(26)10(3-20)31-18/h6-18,23-29H,1-5,19-22H2/t7-,8?,9-,10?,11-,12+,13?,14?,15-,16-,17?,18-/m1/s1. The van der Waals surface area contributed by atoms with Crippen LogP contribution in [0, 0.1) is 0 Å². The van der Waals surface area contributed by atoms with Crippen LogP contribution in [0.5, 0.6) is 0 Å². The predicted octanol–water partition coefficient (Wildman–Crippen LogP) is -7.04. The van der Waals surface area contributed by atoms with Crippen LogP contribution in [0.1, 0.15) is 6.42 Å². The molecule has 196 valence electrons. The molecular weight excluding hydrogens is 448 g/mol.